The van der Waals surface area contributed by atoms with Crippen LogP contribution in [0.2, 0.25) is 0 Å². The van der Waals surface area contributed by atoms with E-state index < -0.39 is 5.97 Å². The second kappa shape index (κ2) is 7.31. The van der Waals surface area contributed by atoms with E-state index >= 15 is 0 Å². The van der Waals surface area contributed by atoms with Gasteiger partial charge in [-0.05, 0) is 73.8 Å². The van der Waals surface area contributed by atoms with Gasteiger partial charge in [-0.1, -0.05) is 0 Å². The Balaban J connectivity index is 2.86. The first-order valence-electron chi connectivity index (χ1n) is 5.11. The van der Waals surface area contributed by atoms with Crippen LogP contribution in [0, 0.1) is 0 Å². The highest BCUT2D eigenvalue weighted by atomic mass is 79.9. The lowest BCUT2D eigenvalue weighted by atomic mass is 10.3. The van der Waals surface area contributed by atoms with Crippen molar-refractivity contribution in [2.24, 2.45) is 0 Å². The predicted octanol–water partition coefficient (Wildman–Crippen LogP) is 4.82. The van der Waals surface area contributed by atoms with E-state index in [1.165, 1.54) is 6.26 Å². The molecule has 0 saturated carbocycles. The smallest absolute Gasteiger partial charge is 0.342 e. The summed E-state index contributed by atoms with van der Waals surface area (Å²) in [4.78, 5) is 11.7. The highest BCUT2D eigenvalue weighted by Crippen LogP contribution is 2.37. The van der Waals surface area contributed by atoms with Crippen molar-refractivity contribution in [3.8, 4) is 5.75 Å². The normalized spacial score (nSPS) is 11.3. The van der Waals surface area contributed by atoms with Gasteiger partial charge in [0.25, 0.3) is 0 Å². The van der Waals surface area contributed by atoms with E-state index in [-0.39, 0.29) is 0 Å². The van der Waals surface area contributed by atoms with Crippen LogP contribution in [0.15, 0.2) is 37.4 Å². The summed E-state index contributed by atoms with van der Waals surface area (Å²) in [6, 6.07) is 3.49. The Labute approximate surface area is 131 Å². The van der Waals surface area contributed by atoms with Gasteiger partial charge in [0.15, 0.2) is 0 Å². The Kier molecular flexibility index (Phi) is 6.38. The molecule has 1 rings (SSSR count). The fraction of sp³-hybridized carbons (Fsp3) is 0.250. The van der Waals surface area contributed by atoms with E-state index in [4.69, 9.17) is 9.47 Å². The molecule has 0 unspecified atom stereocenters. The molecule has 1 aromatic carbocycles. The van der Waals surface area contributed by atoms with Gasteiger partial charge in [0, 0.05) is 8.95 Å². The molecule has 0 amide bonds. The van der Waals surface area contributed by atoms with Crippen LogP contribution in [-0.2, 0) is 9.53 Å². The van der Waals surface area contributed by atoms with Crippen molar-refractivity contribution < 1.29 is 14.3 Å². The molecule has 3 nitrogen and oxygen atoms in total. The zero-order valence-electron chi connectivity index (χ0n) is 9.80. The molecule has 0 aliphatic heterocycles. The van der Waals surface area contributed by atoms with Crippen molar-refractivity contribution in [1.29, 1.82) is 0 Å². The van der Waals surface area contributed by atoms with Gasteiger partial charge < -0.3 is 9.47 Å². The van der Waals surface area contributed by atoms with Gasteiger partial charge in [0.05, 0.1) is 22.9 Å². The summed E-state index contributed by atoms with van der Waals surface area (Å²) in [6.45, 7) is 4.00. The van der Waals surface area contributed by atoms with Gasteiger partial charge in [-0.3, -0.25) is 0 Å². The Morgan fingerprint density at radius 1 is 1.28 bits per heavy atom. The van der Waals surface area contributed by atoms with Gasteiger partial charge in [-0.15, -0.1) is 0 Å². The maximum atomic E-state index is 11.7. The molecule has 98 valence electrons. The van der Waals surface area contributed by atoms with Crippen LogP contribution in [0.1, 0.15) is 13.8 Å². The first-order chi connectivity index (χ1) is 8.47. The fourth-order valence-electron chi connectivity index (χ4n) is 1.02. The molecule has 0 saturated heterocycles. The molecule has 0 heterocycles. The fourth-order valence-corrected chi connectivity index (χ4v) is 2.37. The highest BCUT2D eigenvalue weighted by molar-refractivity contribution is 9.14. The molecule has 1 aromatic rings. The third-order valence-corrected chi connectivity index (χ3v) is 5.29. The number of ether oxygens (including phenoxy) is 2. The van der Waals surface area contributed by atoms with E-state index in [0.717, 1.165) is 8.95 Å². The van der Waals surface area contributed by atoms with Crippen LogP contribution in [-0.4, -0.2) is 12.6 Å². The van der Waals surface area contributed by atoms with Crippen molar-refractivity contribution in [3.05, 3.63) is 37.4 Å². The van der Waals surface area contributed by atoms with E-state index in [0.29, 0.717) is 22.4 Å². The quantitative estimate of drug-likeness (QED) is 0.220. The minimum absolute atomic E-state index is 0.405. The number of hydrogen-bond acceptors (Lipinski definition) is 3. The molecular weight excluding hydrogens is 432 g/mol. The molecule has 0 aliphatic rings. The minimum Gasteiger partial charge on any atom is -0.501 e. The number of rotatable bonds is 4. The number of carbonyl (C=O) groups excluding carboxylic acids is 1. The standard InChI is InChI=1S/C12H11Br3O3/c1-3-17-6-7(2)12(16)18-9-5-4-8(13)10(14)11(9)15/h4-6H,3H2,1-2H3. The first kappa shape index (κ1) is 15.7. The molecule has 0 radical (unpaired) electrons. The summed E-state index contributed by atoms with van der Waals surface area (Å²) in [5, 5.41) is 0. The minimum atomic E-state index is -0.446. The van der Waals surface area contributed by atoms with Crippen LogP contribution in [0.5, 0.6) is 5.75 Å². The lowest BCUT2D eigenvalue weighted by Gasteiger charge is -2.09. The molecule has 0 aromatic heterocycles. The zero-order valence-corrected chi connectivity index (χ0v) is 14.6. The van der Waals surface area contributed by atoms with Crippen LogP contribution in [0.25, 0.3) is 0 Å². The van der Waals surface area contributed by atoms with Gasteiger partial charge in [-0.2, -0.15) is 0 Å². The summed E-state index contributed by atoms with van der Waals surface area (Å²) in [5.74, 6) is -0.00213. The number of benzene rings is 1. The predicted molar refractivity (Wildman–Crippen MR) is 80.6 cm³/mol. The average molecular weight is 443 g/mol. The Bertz CT molecular complexity index is 484. The van der Waals surface area contributed by atoms with Crippen molar-refractivity contribution in [3.63, 3.8) is 0 Å². The third-order valence-electron chi connectivity index (χ3n) is 1.95. The van der Waals surface area contributed by atoms with Gasteiger partial charge >= 0.3 is 5.97 Å². The maximum absolute atomic E-state index is 11.7. The molecule has 0 spiro atoms. The second-order valence-electron chi connectivity index (χ2n) is 3.32. The number of halogens is 3. The SMILES string of the molecule is CCOC=C(C)C(=O)Oc1ccc(Br)c(Br)c1Br. The number of esters is 1. The van der Waals surface area contributed by atoms with E-state index in [1.54, 1.807) is 19.1 Å². The summed E-state index contributed by atoms with van der Waals surface area (Å²) < 4.78 is 12.6. The van der Waals surface area contributed by atoms with E-state index in [9.17, 15) is 4.79 Å². The summed E-state index contributed by atoms with van der Waals surface area (Å²) >= 11 is 10.1. The third kappa shape index (κ3) is 4.10. The first-order valence-corrected chi connectivity index (χ1v) is 7.49. The van der Waals surface area contributed by atoms with Gasteiger partial charge in [0.2, 0.25) is 0 Å². The van der Waals surface area contributed by atoms with Gasteiger partial charge in [-0.25, -0.2) is 4.79 Å². The van der Waals surface area contributed by atoms with Crippen molar-refractivity contribution in [2.45, 2.75) is 13.8 Å². The summed E-state index contributed by atoms with van der Waals surface area (Å²) in [5.41, 5.74) is 0.405. The van der Waals surface area contributed by atoms with Crippen LogP contribution >= 0.6 is 47.8 Å². The van der Waals surface area contributed by atoms with E-state index in [1.807, 2.05) is 6.92 Å². The number of hydrogen-bond donors (Lipinski definition) is 0. The molecule has 18 heavy (non-hydrogen) atoms. The molecule has 6 heteroatoms. The van der Waals surface area contributed by atoms with Crippen LogP contribution in [0.4, 0.5) is 0 Å². The van der Waals surface area contributed by atoms with Crippen molar-refractivity contribution in [1.82, 2.24) is 0 Å². The summed E-state index contributed by atoms with van der Waals surface area (Å²) in [6.07, 6.45) is 1.39. The molecule has 0 aliphatic carbocycles. The topological polar surface area (TPSA) is 35.5 Å². The highest BCUT2D eigenvalue weighted by Gasteiger charge is 2.13. The van der Waals surface area contributed by atoms with Crippen molar-refractivity contribution in [2.75, 3.05) is 6.61 Å². The van der Waals surface area contributed by atoms with Crippen LogP contribution in [0.3, 0.4) is 0 Å². The van der Waals surface area contributed by atoms with Gasteiger partial charge in [0.1, 0.15) is 5.75 Å². The number of carbonyl (C=O) groups is 1. The molecule has 0 bridgehead atoms. The monoisotopic (exact) mass is 440 g/mol. The Hall–Kier alpha value is -0.330. The zero-order chi connectivity index (χ0) is 13.7. The van der Waals surface area contributed by atoms with Crippen molar-refractivity contribution >= 4 is 53.8 Å². The average Bonchev–Trinajstić information content (AvgIpc) is 2.36. The Morgan fingerprint density at radius 3 is 2.56 bits per heavy atom. The largest absolute Gasteiger partial charge is 0.501 e. The second-order valence-corrected chi connectivity index (χ2v) is 5.76. The summed E-state index contributed by atoms with van der Waals surface area (Å²) in [7, 11) is 0. The maximum Gasteiger partial charge on any atom is 0.342 e. The molecule has 0 atom stereocenters. The lowest BCUT2D eigenvalue weighted by Crippen LogP contribution is -2.10. The van der Waals surface area contributed by atoms with Crippen LogP contribution < -0.4 is 4.74 Å². The molecule has 0 N–H and O–H groups in total. The van der Waals surface area contributed by atoms with E-state index in [2.05, 4.69) is 47.8 Å². The molecular formula is C12H11Br3O3. The molecule has 0 fully saturated rings. The lowest BCUT2D eigenvalue weighted by molar-refractivity contribution is -0.130. The Morgan fingerprint density at radius 2 is 1.94 bits per heavy atom.